The minimum atomic E-state index is 0.643. The average Bonchev–Trinajstić information content (AvgIpc) is 3.47. The Labute approximate surface area is 271 Å². The van der Waals surface area contributed by atoms with Crippen molar-refractivity contribution < 1.29 is 0 Å². The standard InChI is InChI=1S/C41H26N4S/c1-3-13-27(14-4-1)39-42-40(28-15-5-2-6-16-28)44-41(43-39)29-23-25-30(26-24-29)45-34-20-10-7-17-31(34)37-33-19-9-12-22-36(33)46-38(37)32-18-8-11-21-35(32)45/h1-26H. The van der Waals surface area contributed by atoms with E-state index < -0.39 is 0 Å². The predicted molar refractivity (Wildman–Crippen MR) is 191 cm³/mol. The second-order valence-electron chi connectivity index (χ2n) is 11.3. The Kier molecular flexibility index (Phi) is 6.28. The fraction of sp³-hybridized carbons (Fsp3) is 0. The molecule has 1 aliphatic heterocycles. The van der Waals surface area contributed by atoms with Gasteiger partial charge in [0, 0.05) is 54.0 Å². The summed E-state index contributed by atoms with van der Waals surface area (Å²) in [4.78, 5) is 18.4. The van der Waals surface area contributed by atoms with Crippen LogP contribution in [0.4, 0.5) is 17.1 Å². The first-order valence-corrected chi connectivity index (χ1v) is 16.1. The Hall–Kier alpha value is -5.91. The fourth-order valence-corrected chi connectivity index (χ4v) is 7.60. The summed E-state index contributed by atoms with van der Waals surface area (Å²) >= 11 is 1.87. The number of benzene rings is 6. The minimum absolute atomic E-state index is 0.643. The molecule has 0 bridgehead atoms. The largest absolute Gasteiger partial charge is 0.309 e. The van der Waals surface area contributed by atoms with Gasteiger partial charge in [-0.2, -0.15) is 0 Å². The highest BCUT2D eigenvalue weighted by atomic mass is 32.1. The summed E-state index contributed by atoms with van der Waals surface area (Å²) in [5.74, 6) is 1.95. The molecule has 0 saturated heterocycles. The molecule has 2 aromatic heterocycles. The second-order valence-corrected chi connectivity index (χ2v) is 12.3. The van der Waals surface area contributed by atoms with Crippen LogP contribution >= 0.6 is 11.3 Å². The van der Waals surface area contributed by atoms with E-state index in [1.807, 2.05) is 72.0 Å². The van der Waals surface area contributed by atoms with Crippen LogP contribution in [0.5, 0.6) is 0 Å². The number of anilines is 3. The molecule has 46 heavy (non-hydrogen) atoms. The summed E-state index contributed by atoms with van der Waals surface area (Å²) in [7, 11) is 0. The number of fused-ring (bicyclic) bond motifs is 7. The van der Waals surface area contributed by atoms with Gasteiger partial charge in [-0.15, -0.1) is 11.3 Å². The molecular weight excluding hydrogens is 581 g/mol. The monoisotopic (exact) mass is 606 g/mol. The molecule has 0 atom stereocenters. The first kappa shape index (κ1) is 26.5. The summed E-state index contributed by atoms with van der Waals surface area (Å²) in [6.07, 6.45) is 0. The molecule has 0 N–H and O–H groups in total. The normalized spacial score (nSPS) is 11.9. The summed E-state index contributed by atoms with van der Waals surface area (Å²) in [5, 5.41) is 1.29. The lowest BCUT2D eigenvalue weighted by Crippen LogP contribution is -2.10. The first-order chi connectivity index (χ1) is 22.8. The van der Waals surface area contributed by atoms with E-state index in [4.69, 9.17) is 15.0 Å². The van der Waals surface area contributed by atoms with E-state index in [-0.39, 0.29) is 0 Å². The summed E-state index contributed by atoms with van der Waals surface area (Å²) in [6.45, 7) is 0. The van der Waals surface area contributed by atoms with Gasteiger partial charge in [0.25, 0.3) is 0 Å². The minimum Gasteiger partial charge on any atom is -0.309 e. The van der Waals surface area contributed by atoms with Crippen LogP contribution in [-0.2, 0) is 0 Å². The summed E-state index contributed by atoms with van der Waals surface area (Å²) in [6, 6.07) is 55.0. The van der Waals surface area contributed by atoms with Gasteiger partial charge in [0.15, 0.2) is 17.5 Å². The number of hydrogen-bond acceptors (Lipinski definition) is 5. The highest BCUT2D eigenvalue weighted by molar-refractivity contribution is 7.23. The second kappa shape index (κ2) is 10.9. The van der Waals surface area contributed by atoms with E-state index in [1.54, 1.807) is 0 Å². The van der Waals surface area contributed by atoms with Crippen LogP contribution in [0.3, 0.4) is 0 Å². The van der Waals surface area contributed by atoms with Gasteiger partial charge in [0.2, 0.25) is 0 Å². The number of thiophene rings is 1. The molecule has 8 aromatic rings. The van der Waals surface area contributed by atoms with Crippen molar-refractivity contribution in [3.05, 3.63) is 158 Å². The van der Waals surface area contributed by atoms with Crippen LogP contribution < -0.4 is 4.90 Å². The van der Waals surface area contributed by atoms with Crippen LogP contribution in [0.25, 0.3) is 65.8 Å². The molecule has 0 spiro atoms. The van der Waals surface area contributed by atoms with Gasteiger partial charge in [-0.05, 0) is 42.5 Å². The SMILES string of the molecule is c1ccc(-c2nc(-c3ccccc3)nc(-c3ccc(N4c5ccccc5-c5sc6ccccc6c5-c5ccccc54)cc3)n2)cc1. The van der Waals surface area contributed by atoms with Gasteiger partial charge in [-0.1, -0.05) is 115 Å². The van der Waals surface area contributed by atoms with Crippen molar-refractivity contribution in [2.75, 3.05) is 4.90 Å². The summed E-state index contributed by atoms with van der Waals surface area (Å²) < 4.78 is 1.30. The molecule has 1 aliphatic rings. The molecule has 0 unspecified atom stereocenters. The predicted octanol–water partition coefficient (Wildman–Crippen LogP) is 11.2. The highest BCUT2D eigenvalue weighted by Gasteiger charge is 2.28. The Morgan fingerprint density at radius 1 is 0.413 bits per heavy atom. The zero-order chi connectivity index (χ0) is 30.5. The lowest BCUT2D eigenvalue weighted by atomic mass is 9.99. The Bertz CT molecular complexity index is 2310. The van der Waals surface area contributed by atoms with Crippen molar-refractivity contribution in [3.63, 3.8) is 0 Å². The van der Waals surface area contributed by atoms with Crippen molar-refractivity contribution in [2.24, 2.45) is 0 Å². The van der Waals surface area contributed by atoms with Gasteiger partial charge >= 0.3 is 0 Å². The molecule has 0 radical (unpaired) electrons. The third kappa shape index (κ3) is 4.40. The average molecular weight is 607 g/mol. The van der Waals surface area contributed by atoms with E-state index in [1.165, 1.54) is 31.7 Å². The number of hydrogen-bond donors (Lipinski definition) is 0. The van der Waals surface area contributed by atoms with Crippen LogP contribution in [0.15, 0.2) is 158 Å². The van der Waals surface area contributed by atoms with Crippen LogP contribution in [0.1, 0.15) is 0 Å². The van der Waals surface area contributed by atoms with Crippen molar-refractivity contribution in [1.29, 1.82) is 0 Å². The van der Waals surface area contributed by atoms with Gasteiger partial charge < -0.3 is 4.90 Å². The maximum absolute atomic E-state index is 4.94. The number of para-hydroxylation sites is 2. The molecule has 0 aliphatic carbocycles. The molecule has 6 aromatic carbocycles. The van der Waals surface area contributed by atoms with E-state index in [0.717, 1.165) is 33.8 Å². The topological polar surface area (TPSA) is 41.9 Å². The Balaban J connectivity index is 1.19. The first-order valence-electron chi connectivity index (χ1n) is 15.3. The Morgan fingerprint density at radius 2 is 0.891 bits per heavy atom. The number of rotatable bonds is 4. The van der Waals surface area contributed by atoms with Gasteiger partial charge in [0.1, 0.15) is 0 Å². The van der Waals surface area contributed by atoms with Crippen molar-refractivity contribution in [1.82, 2.24) is 15.0 Å². The van der Waals surface area contributed by atoms with Crippen molar-refractivity contribution in [3.8, 4) is 55.7 Å². The van der Waals surface area contributed by atoms with E-state index in [0.29, 0.717) is 17.5 Å². The molecule has 0 saturated carbocycles. The third-order valence-electron chi connectivity index (χ3n) is 8.48. The highest BCUT2D eigenvalue weighted by Crippen LogP contribution is 2.55. The zero-order valence-corrected chi connectivity index (χ0v) is 25.5. The maximum Gasteiger partial charge on any atom is 0.164 e. The molecule has 5 heteroatoms. The fourth-order valence-electron chi connectivity index (χ4n) is 6.35. The van der Waals surface area contributed by atoms with E-state index in [2.05, 4.69) is 102 Å². The Morgan fingerprint density at radius 3 is 1.52 bits per heavy atom. The van der Waals surface area contributed by atoms with E-state index >= 15 is 0 Å². The quantitative estimate of drug-likeness (QED) is 0.200. The van der Waals surface area contributed by atoms with Gasteiger partial charge in [0.05, 0.1) is 11.4 Å². The maximum atomic E-state index is 4.94. The van der Waals surface area contributed by atoms with Gasteiger partial charge in [-0.3, -0.25) is 0 Å². The third-order valence-corrected chi connectivity index (χ3v) is 9.69. The molecule has 0 amide bonds. The molecule has 216 valence electrons. The molecular formula is C41H26N4S. The number of nitrogens with zero attached hydrogens (tertiary/aromatic N) is 4. The van der Waals surface area contributed by atoms with Crippen molar-refractivity contribution in [2.45, 2.75) is 0 Å². The smallest absolute Gasteiger partial charge is 0.164 e. The van der Waals surface area contributed by atoms with Crippen molar-refractivity contribution >= 4 is 38.5 Å². The van der Waals surface area contributed by atoms with Crippen LogP contribution in [0.2, 0.25) is 0 Å². The number of aromatic nitrogens is 3. The van der Waals surface area contributed by atoms with E-state index in [9.17, 15) is 0 Å². The van der Waals surface area contributed by atoms with Crippen LogP contribution in [-0.4, -0.2) is 15.0 Å². The lowest BCUT2D eigenvalue weighted by Gasteiger charge is -2.27. The van der Waals surface area contributed by atoms with Gasteiger partial charge in [-0.25, -0.2) is 15.0 Å². The molecule has 3 heterocycles. The molecule has 4 nitrogen and oxygen atoms in total. The van der Waals surface area contributed by atoms with Crippen LogP contribution in [0, 0.1) is 0 Å². The lowest BCUT2D eigenvalue weighted by molar-refractivity contribution is 1.07. The molecule has 0 fully saturated rings. The zero-order valence-electron chi connectivity index (χ0n) is 24.7. The molecule has 9 rings (SSSR count). The summed E-state index contributed by atoms with van der Waals surface area (Å²) in [5.41, 5.74) is 9.99.